The van der Waals surface area contributed by atoms with Crippen molar-refractivity contribution in [1.82, 2.24) is 9.80 Å². The van der Waals surface area contributed by atoms with Crippen molar-refractivity contribution >= 4 is 11.5 Å². The fourth-order valence-corrected chi connectivity index (χ4v) is 4.52. The van der Waals surface area contributed by atoms with Gasteiger partial charge in [-0.05, 0) is 92.8 Å². The van der Waals surface area contributed by atoms with Crippen LogP contribution in [0.5, 0.6) is 0 Å². The van der Waals surface area contributed by atoms with Crippen LogP contribution in [0, 0.1) is 11.8 Å². The second kappa shape index (κ2) is 11.8. The predicted octanol–water partition coefficient (Wildman–Crippen LogP) is 6.62. The molecule has 0 spiro atoms. The molecule has 1 heterocycles. The van der Waals surface area contributed by atoms with Gasteiger partial charge in [0.05, 0.1) is 0 Å². The number of benzene rings is 1. The first-order valence-electron chi connectivity index (χ1n) is 12.5. The monoisotopic (exact) mass is 438 g/mol. The lowest BCUT2D eigenvalue weighted by atomic mass is 9.87. The normalized spacial score (nSPS) is 15.6. The first kappa shape index (κ1) is 26.4. The quantitative estimate of drug-likeness (QED) is 0.426. The van der Waals surface area contributed by atoms with Crippen molar-refractivity contribution in [3.05, 3.63) is 51.6 Å². The van der Waals surface area contributed by atoms with Crippen molar-refractivity contribution in [2.45, 2.75) is 74.7 Å². The van der Waals surface area contributed by atoms with E-state index >= 15 is 0 Å². The molecule has 0 aliphatic carbocycles. The molecule has 2 rings (SSSR count). The SMILES string of the molecule is CCc1cc(/C(C)=C/C(CC(C)C)=C(C)C)c(CC(C)C)cc1C(=O)N1CCN(C)CC1. The van der Waals surface area contributed by atoms with E-state index in [0.717, 1.165) is 51.0 Å². The number of hydrogen-bond acceptors (Lipinski definition) is 2. The zero-order valence-corrected chi connectivity index (χ0v) is 22.1. The molecular formula is C29H46N2O. The van der Waals surface area contributed by atoms with Crippen molar-refractivity contribution < 1.29 is 4.79 Å². The highest BCUT2D eigenvalue weighted by molar-refractivity contribution is 5.96. The second-order valence-corrected chi connectivity index (χ2v) is 10.7. The first-order valence-corrected chi connectivity index (χ1v) is 12.5. The van der Waals surface area contributed by atoms with E-state index in [9.17, 15) is 4.79 Å². The van der Waals surface area contributed by atoms with Gasteiger partial charge in [-0.15, -0.1) is 0 Å². The van der Waals surface area contributed by atoms with E-state index in [-0.39, 0.29) is 5.91 Å². The first-order chi connectivity index (χ1) is 15.0. The van der Waals surface area contributed by atoms with Crippen LogP contribution >= 0.6 is 0 Å². The zero-order chi connectivity index (χ0) is 24.0. The van der Waals surface area contributed by atoms with Gasteiger partial charge < -0.3 is 9.80 Å². The third-order valence-corrected chi connectivity index (χ3v) is 6.44. The molecule has 1 aromatic rings. The van der Waals surface area contributed by atoms with Crippen molar-refractivity contribution in [2.75, 3.05) is 33.2 Å². The zero-order valence-electron chi connectivity index (χ0n) is 22.1. The molecule has 0 aromatic heterocycles. The van der Waals surface area contributed by atoms with E-state index in [2.05, 4.69) is 85.5 Å². The molecule has 0 unspecified atom stereocenters. The lowest BCUT2D eigenvalue weighted by Crippen LogP contribution is -2.47. The summed E-state index contributed by atoms with van der Waals surface area (Å²) in [6.45, 7) is 21.5. The average Bonchev–Trinajstić information content (AvgIpc) is 2.72. The van der Waals surface area contributed by atoms with Gasteiger partial charge in [-0.1, -0.05) is 52.3 Å². The molecule has 1 aliphatic rings. The number of hydrogen-bond donors (Lipinski definition) is 0. The topological polar surface area (TPSA) is 23.6 Å². The largest absolute Gasteiger partial charge is 0.336 e. The van der Waals surface area contributed by atoms with Crippen LogP contribution in [0.1, 0.15) is 88.9 Å². The molecule has 1 aliphatic heterocycles. The van der Waals surface area contributed by atoms with Gasteiger partial charge in [-0.25, -0.2) is 0 Å². The van der Waals surface area contributed by atoms with E-state index in [1.165, 1.54) is 33.4 Å². The number of nitrogens with zero attached hydrogens (tertiary/aromatic N) is 2. The van der Waals surface area contributed by atoms with Crippen molar-refractivity contribution in [2.24, 2.45) is 11.8 Å². The Bertz CT molecular complexity index is 848. The summed E-state index contributed by atoms with van der Waals surface area (Å²) in [5.74, 6) is 1.38. The Morgan fingerprint density at radius 3 is 2.03 bits per heavy atom. The minimum Gasteiger partial charge on any atom is -0.336 e. The average molecular weight is 439 g/mol. The van der Waals surface area contributed by atoms with Crippen LogP contribution in [0.15, 0.2) is 29.4 Å². The third kappa shape index (κ3) is 7.07. The van der Waals surface area contributed by atoms with Gasteiger partial charge in [-0.2, -0.15) is 0 Å². The van der Waals surface area contributed by atoms with Crippen LogP contribution in [0.3, 0.4) is 0 Å². The lowest BCUT2D eigenvalue weighted by molar-refractivity contribution is 0.0663. The number of likely N-dealkylation sites (N-methyl/N-ethyl adjacent to an activating group) is 1. The van der Waals surface area contributed by atoms with E-state index in [0.29, 0.717) is 11.8 Å². The molecule has 3 nitrogen and oxygen atoms in total. The summed E-state index contributed by atoms with van der Waals surface area (Å²) in [5, 5.41) is 0. The summed E-state index contributed by atoms with van der Waals surface area (Å²) in [5.41, 5.74) is 8.84. The minimum absolute atomic E-state index is 0.206. The second-order valence-electron chi connectivity index (χ2n) is 10.7. The fourth-order valence-electron chi connectivity index (χ4n) is 4.52. The standard InChI is InChI=1S/C29H46N2O/c1-10-24-18-27(23(8)17-25(22(6)7)15-20(2)3)26(16-21(4)5)19-28(24)29(32)31-13-11-30(9)12-14-31/h17-21H,10-16H2,1-9H3/b23-17+. The van der Waals surface area contributed by atoms with Crippen LogP contribution in [-0.4, -0.2) is 48.9 Å². The summed E-state index contributed by atoms with van der Waals surface area (Å²) in [6, 6.07) is 4.53. The molecule has 0 atom stereocenters. The van der Waals surface area contributed by atoms with Gasteiger partial charge in [0, 0.05) is 31.7 Å². The van der Waals surface area contributed by atoms with Gasteiger partial charge in [0.25, 0.3) is 5.91 Å². The number of aryl methyl sites for hydroxylation is 1. The van der Waals surface area contributed by atoms with Crippen molar-refractivity contribution in [1.29, 1.82) is 0 Å². The molecule has 0 bridgehead atoms. The number of piperazine rings is 1. The molecule has 0 N–H and O–H groups in total. The van der Waals surface area contributed by atoms with Crippen LogP contribution in [-0.2, 0) is 12.8 Å². The Kier molecular flexibility index (Phi) is 9.76. The van der Waals surface area contributed by atoms with E-state index in [1.54, 1.807) is 0 Å². The van der Waals surface area contributed by atoms with Gasteiger partial charge in [-0.3, -0.25) is 4.79 Å². The molecule has 1 amide bonds. The molecule has 0 saturated carbocycles. The molecule has 178 valence electrons. The number of rotatable bonds is 8. The Morgan fingerprint density at radius 2 is 1.53 bits per heavy atom. The van der Waals surface area contributed by atoms with Gasteiger partial charge in [0.2, 0.25) is 0 Å². The van der Waals surface area contributed by atoms with Gasteiger partial charge in [0.15, 0.2) is 0 Å². The maximum atomic E-state index is 13.5. The van der Waals surface area contributed by atoms with E-state index in [4.69, 9.17) is 0 Å². The summed E-state index contributed by atoms with van der Waals surface area (Å²) in [7, 11) is 2.13. The van der Waals surface area contributed by atoms with E-state index in [1.807, 2.05) is 4.90 Å². The predicted molar refractivity (Wildman–Crippen MR) is 139 cm³/mol. The molecule has 1 fully saturated rings. The van der Waals surface area contributed by atoms with Crippen LogP contribution in [0.2, 0.25) is 0 Å². The molecule has 3 heteroatoms. The summed E-state index contributed by atoms with van der Waals surface area (Å²) < 4.78 is 0. The number of amides is 1. The fraction of sp³-hybridized carbons (Fsp3) is 0.621. The van der Waals surface area contributed by atoms with Crippen molar-refractivity contribution in [3.63, 3.8) is 0 Å². The third-order valence-electron chi connectivity index (χ3n) is 6.44. The Labute approximate surface area is 197 Å². The highest BCUT2D eigenvalue weighted by Crippen LogP contribution is 2.30. The molecule has 1 aromatic carbocycles. The Hall–Kier alpha value is -1.87. The van der Waals surface area contributed by atoms with Crippen LogP contribution in [0.4, 0.5) is 0 Å². The van der Waals surface area contributed by atoms with E-state index < -0.39 is 0 Å². The van der Waals surface area contributed by atoms with Crippen molar-refractivity contribution in [3.8, 4) is 0 Å². The number of allylic oxidation sites excluding steroid dienone is 4. The molecule has 0 radical (unpaired) electrons. The number of carbonyl (C=O) groups excluding carboxylic acids is 1. The molecular weight excluding hydrogens is 392 g/mol. The molecule has 32 heavy (non-hydrogen) atoms. The lowest BCUT2D eigenvalue weighted by Gasteiger charge is -2.33. The Morgan fingerprint density at radius 1 is 0.938 bits per heavy atom. The highest BCUT2D eigenvalue weighted by atomic mass is 16.2. The maximum Gasteiger partial charge on any atom is 0.254 e. The summed E-state index contributed by atoms with van der Waals surface area (Å²) in [4.78, 5) is 17.8. The highest BCUT2D eigenvalue weighted by Gasteiger charge is 2.24. The van der Waals surface area contributed by atoms with Gasteiger partial charge in [0.1, 0.15) is 0 Å². The minimum atomic E-state index is 0.206. The number of carbonyl (C=O) groups is 1. The maximum absolute atomic E-state index is 13.5. The smallest absolute Gasteiger partial charge is 0.254 e. The Balaban J connectivity index is 2.52. The van der Waals surface area contributed by atoms with Crippen LogP contribution in [0.25, 0.3) is 5.57 Å². The van der Waals surface area contributed by atoms with Gasteiger partial charge >= 0.3 is 0 Å². The summed E-state index contributed by atoms with van der Waals surface area (Å²) >= 11 is 0. The molecule has 1 saturated heterocycles. The summed E-state index contributed by atoms with van der Waals surface area (Å²) in [6.07, 6.45) is 5.34. The van der Waals surface area contributed by atoms with Crippen LogP contribution < -0.4 is 0 Å².